The second kappa shape index (κ2) is 29.2. The molecule has 6 heteroatoms. The van der Waals surface area contributed by atoms with Crippen molar-refractivity contribution in [1.82, 2.24) is 0 Å². The highest BCUT2D eigenvalue weighted by molar-refractivity contribution is 5.90. The second-order valence-electron chi connectivity index (χ2n) is 19.7. The summed E-state index contributed by atoms with van der Waals surface area (Å²) in [6, 6.07) is 33.3. The molecule has 2 aliphatic carbocycles. The summed E-state index contributed by atoms with van der Waals surface area (Å²) in [4.78, 5) is 27.8. The van der Waals surface area contributed by atoms with Crippen LogP contribution in [0.2, 0.25) is 0 Å². The highest BCUT2D eigenvalue weighted by atomic mass is 16.6. The molecule has 2 aliphatic rings. The fourth-order valence-electron chi connectivity index (χ4n) is 10.5. The van der Waals surface area contributed by atoms with Gasteiger partial charge in [0.25, 0.3) is 0 Å². The third-order valence-electron chi connectivity index (χ3n) is 14.6. The zero-order chi connectivity index (χ0) is 46.0. The molecule has 358 valence electrons. The molecule has 2 atom stereocenters. The van der Waals surface area contributed by atoms with Gasteiger partial charge in [0.2, 0.25) is 0 Å². The van der Waals surface area contributed by atoms with E-state index >= 15 is 0 Å². The van der Waals surface area contributed by atoms with Gasteiger partial charge < -0.3 is 18.9 Å². The van der Waals surface area contributed by atoms with E-state index in [0.29, 0.717) is 24.3 Å². The van der Waals surface area contributed by atoms with Crippen molar-refractivity contribution in [3.63, 3.8) is 0 Å². The molecule has 6 nitrogen and oxygen atoms in total. The predicted molar refractivity (Wildman–Crippen MR) is 269 cm³/mol. The highest BCUT2D eigenvalue weighted by Crippen LogP contribution is 2.38. The molecule has 0 aliphatic heterocycles. The van der Waals surface area contributed by atoms with E-state index in [1.807, 2.05) is 84.9 Å². The lowest BCUT2D eigenvalue weighted by Gasteiger charge is -2.28. The first kappa shape index (κ1) is 50.8. The van der Waals surface area contributed by atoms with Gasteiger partial charge in [-0.2, -0.15) is 0 Å². The second-order valence-corrected chi connectivity index (χ2v) is 19.7. The Morgan fingerprint density at radius 1 is 0.409 bits per heavy atom. The van der Waals surface area contributed by atoms with E-state index < -0.39 is 24.1 Å². The van der Waals surface area contributed by atoms with Gasteiger partial charge in [0, 0.05) is 0 Å². The van der Waals surface area contributed by atoms with Crippen LogP contribution in [-0.4, -0.2) is 25.2 Å². The lowest BCUT2D eigenvalue weighted by molar-refractivity contribution is -0.0388. The third-order valence-corrected chi connectivity index (χ3v) is 14.6. The molecule has 66 heavy (non-hydrogen) atoms. The molecule has 0 heterocycles. The maximum Gasteiger partial charge on any atom is 0.338 e. The molecule has 2 fully saturated rings. The monoisotopic (exact) mass is 899 g/mol. The van der Waals surface area contributed by atoms with Crippen LogP contribution in [0.4, 0.5) is 0 Å². The standard InChI is InChI=1S/C60H82O6/c1-3-5-7-9-13-21-47-29-33-49(34-30-47)23-19-45-63-55-41-37-53(38-42-55)59(61)65-57(51-25-15-11-16-26-51)58(52-27-17-12-18-28-52)66-60(62)54-39-43-56(44-40-54)64-46-20-24-50-35-31-48(32-36-50)22-14-10-8-6-4-2/h11-12,15-18,25-28,37-44,47-50,57-58H,3-10,13-14,19-24,29-36,45-46H2,1-2H3/t47-,48-,49-,50-,57-,58-/m1/s1. The Kier molecular flexibility index (Phi) is 22.5. The number of carbonyl (C=O) groups is 2. The van der Waals surface area contributed by atoms with Crippen LogP contribution in [0.1, 0.15) is 212 Å². The van der Waals surface area contributed by atoms with Gasteiger partial charge in [0.05, 0.1) is 24.3 Å². The van der Waals surface area contributed by atoms with E-state index in [0.717, 1.165) is 59.1 Å². The Bertz CT molecular complexity index is 1750. The van der Waals surface area contributed by atoms with Crippen molar-refractivity contribution in [2.24, 2.45) is 23.7 Å². The van der Waals surface area contributed by atoms with E-state index in [1.165, 1.54) is 141 Å². The minimum Gasteiger partial charge on any atom is -0.494 e. The summed E-state index contributed by atoms with van der Waals surface area (Å²) in [5, 5.41) is 0. The van der Waals surface area contributed by atoms with Crippen molar-refractivity contribution in [2.45, 2.75) is 180 Å². The van der Waals surface area contributed by atoms with Crippen molar-refractivity contribution < 1.29 is 28.5 Å². The number of unbranched alkanes of at least 4 members (excludes halogenated alkanes) is 8. The largest absolute Gasteiger partial charge is 0.494 e. The van der Waals surface area contributed by atoms with Gasteiger partial charge in [-0.1, -0.05) is 203 Å². The lowest BCUT2D eigenvalue weighted by atomic mass is 9.78. The highest BCUT2D eigenvalue weighted by Gasteiger charge is 2.33. The zero-order valence-electron chi connectivity index (χ0n) is 40.7. The van der Waals surface area contributed by atoms with Crippen molar-refractivity contribution >= 4 is 11.9 Å². The average Bonchev–Trinajstić information content (AvgIpc) is 3.36. The van der Waals surface area contributed by atoms with Gasteiger partial charge in [0.1, 0.15) is 11.5 Å². The topological polar surface area (TPSA) is 71.1 Å². The van der Waals surface area contributed by atoms with Gasteiger partial charge in [-0.05, 0) is 109 Å². The third kappa shape index (κ3) is 17.6. The van der Waals surface area contributed by atoms with Crippen LogP contribution in [0.5, 0.6) is 11.5 Å². The van der Waals surface area contributed by atoms with E-state index in [-0.39, 0.29) is 0 Å². The van der Waals surface area contributed by atoms with Crippen LogP contribution in [-0.2, 0) is 9.47 Å². The van der Waals surface area contributed by atoms with E-state index in [1.54, 1.807) is 24.3 Å². The van der Waals surface area contributed by atoms with Crippen LogP contribution in [0.25, 0.3) is 0 Å². The summed E-state index contributed by atoms with van der Waals surface area (Å²) in [7, 11) is 0. The Balaban J connectivity index is 0.966. The number of esters is 2. The quantitative estimate of drug-likeness (QED) is 0.0399. The van der Waals surface area contributed by atoms with Gasteiger partial charge >= 0.3 is 11.9 Å². The van der Waals surface area contributed by atoms with Crippen molar-refractivity contribution in [2.75, 3.05) is 13.2 Å². The smallest absolute Gasteiger partial charge is 0.338 e. The van der Waals surface area contributed by atoms with Gasteiger partial charge in [-0.3, -0.25) is 0 Å². The van der Waals surface area contributed by atoms with Crippen LogP contribution >= 0.6 is 0 Å². The first-order valence-electron chi connectivity index (χ1n) is 26.5. The SMILES string of the molecule is CCCCCCC[C@H]1CC[C@H](CCCOc2ccc(C(=O)O[C@H](c3ccccc3)[C@H](OC(=O)c3ccc(OCCC[C@H]4CC[C@H](CCCCCCC)CC4)cc3)c3ccccc3)cc2)CC1. The summed E-state index contributed by atoms with van der Waals surface area (Å²) < 4.78 is 24.9. The maximum absolute atomic E-state index is 13.9. The van der Waals surface area contributed by atoms with Gasteiger partial charge in [-0.15, -0.1) is 0 Å². The lowest BCUT2D eigenvalue weighted by Crippen LogP contribution is -2.23. The molecule has 0 amide bonds. The number of benzene rings is 4. The summed E-state index contributed by atoms with van der Waals surface area (Å²) in [5.74, 6) is 3.95. The van der Waals surface area contributed by atoms with Crippen molar-refractivity contribution in [3.05, 3.63) is 131 Å². The number of carbonyl (C=O) groups excluding carboxylic acids is 2. The Morgan fingerprint density at radius 2 is 0.727 bits per heavy atom. The first-order chi connectivity index (χ1) is 32.5. The summed E-state index contributed by atoms with van der Waals surface area (Å²) in [5.41, 5.74) is 2.24. The summed E-state index contributed by atoms with van der Waals surface area (Å²) in [6.07, 6.45) is 30.3. The van der Waals surface area contributed by atoms with Crippen molar-refractivity contribution in [1.29, 1.82) is 0 Å². The average molecular weight is 899 g/mol. The maximum atomic E-state index is 13.9. The Morgan fingerprint density at radius 3 is 1.06 bits per heavy atom. The molecular formula is C60H82O6. The fourth-order valence-corrected chi connectivity index (χ4v) is 10.5. The minimum atomic E-state index is -0.907. The molecule has 0 aromatic heterocycles. The van der Waals surface area contributed by atoms with Gasteiger partial charge in [-0.25, -0.2) is 9.59 Å². The molecule has 0 bridgehead atoms. The normalized spacial score (nSPS) is 19.4. The molecular weight excluding hydrogens is 817 g/mol. The molecule has 0 radical (unpaired) electrons. The van der Waals surface area contributed by atoms with Crippen LogP contribution in [0, 0.1) is 23.7 Å². The van der Waals surface area contributed by atoms with E-state index in [9.17, 15) is 9.59 Å². The molecule has 6 rings (SSSR count). The first-order valence-corrected chi connectivity index (χ1v) is 26.5. The van der Waals surface area contributed by atoms with Crippen LogP contribution in [0.3, 0.4) is 0 Å². The zero-order valence-corrected chi connectivity index (χ0v) is 40.7. The molecule has 4 aromatic rings. The summed E-state index contributed by atoms with van der Waals surface area (Å²) >= 11 is 0. The van der Waals surface area contributed by atoms with Crippen LogP contribution < -0.4 is 9.47 Å². The molecule has 0 unspecified atom stereocenters. The number of rotatable bonds is 29. The number of hydrogen-bond acceptors (Lipinski definition) is 6. The Hall–Kier alpha value is -4.58. The van der Waals surface area contributed by atoms with E-state index in [4.69, 9.17) is 18.9 Å². The predicted octanol–water partition coefficient (Wildman–Crippen LogP) is 16.8. The van der Waals surface area contributed by atoms with E-state index in [2.05, 4.69) is 13.8 Å². The molecule has 4 aromatic carbocycles. The molecule has 0 spiro atoms. The van der Waals surface area contributed by atoms with Crippen LogP contribution in [0.15, 0.2) is 109 Å². The fraction of sp³-hybridized carbons (Fsp3) is 0.567. The molecule has 0 saturated heterocycles. The number of hydrogen-bond donors (Lipinski definition) is 0. The Labute approximate surface area is 399 Å². The summed E-state index contributed by atoms with van der Waals surface area (Å²) in [6.45, 7) is 5.90. The molecule has 0 N–H and O–H groups in total. The minimum absolute atomic E-state index is 0.398. The number of ether oxygens (including phenoxy) is 4. The van der Waals surface area contributed by atoms with Gasteiger partial charge in [0.15, 0.2) is 12.2 Å². The van der Waals surface area contributed by atoms with Crippen molar-refractivity contribution in [3.8, 4) is 11.5 Å². The molecule has 2 saturated carbocycles.